The lowest BCUT2D eigenvalue weighted by molar-refractivity contribution is 0.325. The summed E-state index contributed by atoms with van der Waals surface area (Å²) in [5.41, 5.74) is 6.35. The van der Waals surface area contributed by atoms with Crippen molar-refractivity contribution >= 4 is 11.6 Å². The Morgan fingerprint density at radius 3 is 2.95 bits per heavy atom. The largest absolute Gasteiger partial charge is 0.492 e. The van der Waals surface area contributed by atoms with Crippen molar-refractivity contribution in [3.8, 4) is 11.6 Å². The monoisotopic (exact) mass is 274 g/mol. The van der Waals surface area contributed by atoms with Gasteiger partial charge in [-0.3, -0.25) is 0 Å². The normalized spacial score (nSPS) is 10.1. The van der Waals surface area contributed by atoms with E-state index in [1.165, 1.54) is 0 Å². The Hall–Kier alpha value is -2.50. The first-order valence-corrected chi connectivity index (χ1v) is 6.46. The van der Waals surface area contributed by atoms with Gasteiger partial charge >= 0.3 is 0 Å². The molecular weight excluding hydrogens is 256 g/mol. The molecule has 1 aromatic carbocycles. The summed E-state index contributed by atoms with van der Waals surface area (Å²) in [5, 5.41) is 3.07. The molecule has 0 spiro atoms. The van der Waals surface area contributed by atoms with Gasteiger partial charge in [0.1, 0.15) is 12.4 Å². The van der Waals surface area contributed by atoms with Gasteiger partial charge in [0.05, 0.1) is 13.2 Å². The second kappa shape index (κ2) is 7.18. The van der Waals surface area contributed by atoms with Gasteiger partial charge in [-0.1, -0.05) is 6.07 Å². The second-order valence-electron chi connectivity index (χ2n) is 4.00. The van der Waals surface area contributed by atoms with Crippen molar-refractivity contribution in [1.82, 2.24) is 9.97 Å². The first kappa shape index (κ1) is 13.9. The van der Waals surface area contributed by atoms with Crippen LogP contribution in [0, 0.1) is 0 Å². The molecule has 0 fully saturated rings. The topological polar surface area (TPSA) is 82.3 Å². The van der Waals surface area contributed by atoms with Crippen LogP contribution in [0.5, 0.6) is 11.6 Å². The van der Waals surface area contributed by atoms with Crippen LogP contribution in [0.1, 0.15) is 6.92 Å². The first-order valence-electron chi connectivity index (χ1n) is 6.46. The van der Waals surface area contributed by atoms with Crippen molar-refractivity contribution in [2.45, 2.75) is 6.92 Å². The fourth-order valence-electron chi connectivity index (χ4n) is 1.59. The van der Waals surface area contributed by atoms with Crippen molar-refractivity contribution in [2.24, 2.45) is 0 Å². The molecule has 0 saturated heterocycles. The summed E-state index contributed by atoms with van der Waals surface area (Å²) in [5.74, 6) is 1.82. The van der Waals surface area contributed by atoms with E-state index in [9.17, 15) is 0 Å². The molecule has 6 nitrogen and oxygen atoms in total. The molecule has 0 bridgehead atoms. The van der Waals surface area contributed by atoms with Crippen molar-refractivity contribution < 1.29 is 9.47 Å². The molecule has 0 saturated carbocycles. The van der Waals surface area contributed by atoms with Crippen molar-refractivity contribution in [1.29, 1.82) is 0 Å². The standard InChI is InChI=1S/C14H18N4O2/c1-2-19-13-6-7-16-14(18-13)17-8-9-20-12-5-3-4-11(15)10-12/h3-7,10H,2,8-9,15H2,1H3,(H,16,17,18). The van der Waals surface area contributed by atoms with E-state index in [0.29, 0.717) is 37.3 Å². The molecule has 3 N–H and O–H groups in total. The number of aromatic nitrogens is 2. The van der Waals surface area contributed by atoms with Crippen LogP contribution in [0.15, 0.2) is 36.5 Å². The molecule has 0 aliphatic carbocycles. The maximum atomic E-state index is 5.67. The summed E-state index contributed by atoms with van der Waals surface area (Å²) in [6.45, 7) is 3.57. The number of ether oxygens (including phenoxy) is 2. The zero-order valence-electron chi connectivity index (χ0n) is 11.4. The zero-order chi connectivity index (χ0) is 14.2. The smallest absolute Gasteiger partial charge is 0.226 e. The van der Waals surface area contributed by atoms with E-state index < -0.39 is 0 Å². The number of nitrogens with one attached hydrogen (secondary N) is 1. The predicted molar refractivity (Wildman–Crippen MR) is 78.0 cm³/mol. The van der Waals surface area contributed by atoms with Crippen LogP contribution in [-0.4, -0.2) is 29.7 Å². The van der Waals surface area contributed by atoms with Crippen LogP contribution in [-0.2, 0) is 0 Å². The Bertz CT molecular complexity index is 548. The molecule has 1 aromatic heterocycles. The lowest BCUT2D eigenvalue weighted by Crippen LogP contribution is -2.13. The van der Waals surface area contributed by atoms with Gasteiger partial charge in [0.15, 0.2) is 0 Å². The third-order valence-electron chi connectivity index (χ3n) is 2.43. The van der Waals surface area contributed by atoms with E-state index in [1.807, 2.05) is 25.1 Å². The number of nitrogens with zero attached hydrogens (tertiary/aromatic N) is 2. The number of nitrogen functional groups attached to an aromatic ring is 1. The van der Waals surface area contributed by atoms with Gasteiger partial charge in [-0.05, 0) is 19.1 Å². The number of anilines is 2. The average molecular weight is 274 g/mol. The molecule has 2 aromatic rings. The molecule has 0 unspecified atom stereocenters. The van der Waals surface area contributed by atoms with E-state index in [-0.39, 0.29) is 0 Å². The number of hydrogen-bond acceptors (Lipinski definition) is 6. The summed E-state index contributed by atoms with van der Waals surface area (Å²) in [6, 6.07) is 9.04. The molecule has 1 heterocycles. The van der Waals surface area contributed by atoms with Gasteiger partial charge in [0, 0.05) is 24.0 Å². The summed E-state index contributed by atoms with van der Waals surface area (Å²) in [4.78, 5) is 8.30. The first-order chi connectivity index (χ1) is 9.78. The number of hydrogen-bond donors (Lipinski definition) is 2. The zero-order valence-corrected chi connectivity index (χ0v) is 11.4. The molecule has 6 heteroatoms. The van der Waals surface area contributed by atoms with Gasteiger partial charge in [-0.2, -0.15) is 4.98 Å². The summed E-state index contributed by atoms with van der Waals surface area (Å²) in [7, 11) is 0. The molecule has 106 valence electrons. The van der Waals surface area contributed by atoms with Gasteiger partial charge < -0.3 is 20.5 Å². The summed E-state index contributed by atoms with van der Waals surface area (Å²) >= 11 is 0. The molecule has 0 radical (unpaired) electrons. The Kier molecular flexibility index (Phi) is 5.00. The van der Waals surface area contributed by atoms with E-state index in [1.54, 1.807) is 18.3 Å². The Morgan fingerprint density at radius 1 is 1.25 bits per heavy atom. The lowest BCUT2D eigenvalue weighted by atomic mass is 10.3. The molecule has 2 rings (SSSR count). The van der Waals surface area contributed by atoms with Crippen molar-refractivity contribution in [2.75, 3.05) is 30.8 Å². The summed E-state index contributed by atoms with van der Waals surface area (Å²) < 4.78 is 10.9. The molecule has 0 aliphatic rings. The third kappa shape index (κ3) is 4.31. The van der Waals surface area contributed by atoms with Crippen LogP contribution in [0.3, 0.4) is 0 Å². The Morgan fingerprint density at radius 2 is 2.15 bits per heavy atom. The van der Waals surface area contributed by atoms with Crippen molar-refractivity contribution in [3.63, 3.8) is 0 Å². The van der Waals surface area contributed by atoms with Crippen LogP contribution >= 0.6 is 0 Å². The molecule has 20 heavy (non-hydrogen) atoms. The number of benzene rings is 1. The molecular formula is C14H18N4O2. The van der Waals surface area contributed by atoms with Crippen molar-refractivity contribution in [3.05, 3.63) is 36.5 Å². The fraction of sp³-hybridized carbons (Fsp3) is 0.286. The van der Waals surface area contributed by atoms with E-state index >= 15 is 0 Å². The maximum Gasteiger partial charge on any atom is 0.226 e. The highest BCUT2D eigenvalue weighted by Crippen LogP contribution is 2.14. The van der Waals surface area contributed by atoms with E-state index in [0.717, 1.165) is 5.75 Å². The molecule has 0 atom stereocenters. The van der Waals surface area contributed by atoms with Crippen LogP contribution < -0.4 is 20.5 Å². The molecule has 0 amide bonds. The highest BCUT2D eigenvalue weighted by molar-refractivity contribution is 5.43. The number of rotatable bonds is 7. The quantitative estimate of drug-likeness (QED) is 0.593. The van der Waals surface area contributed by atoms with Gasteiger partial charge in [0.2, 0.25) is 11.8 Å². The fourth-order valence-corrected chi connectivity index (χ4v) is 1.59. The Balaban J connectivity index is 1.77. The summed E-state index contributed by atoms with van der Waals surface area (Å²) in [6.07, 6.45) is 1.65. The van der Waals surface area contributed by atoms with Crippen LogP contribution in [0.2, 0.25) is 0 Å². The molecule has 0 aliphatic heterocycles. The lowest BCUT2D eigenvalue weighted by Gasteiger charge is -2.08. The average Bonchev–Trinajstić information content (AvgIpc) is 2.45. The third-order valence-corrected chi connectivity index (χ3v) is 2.43. The van der Waals surface area contributed by atoms with Gasteiger partial charge in [-0.15, -0.1) is 0 Å². The van der Waals surface area contributed by atoms with Gasteiger partial charge in [0.25, 0.3) is 0 Å². The second-order valence-corrected chi connectivity index (χ2v) is 4.00. The minimum absolute atomic E-state index is 0.492. The Labute approximate surface area is 118 Å². The maximum absolute atomic E-state index is 5.67. The van der Waals surface area contributed by atoms with E-state index in [4.69, 9.17) is 15.2 Å². The highest BCUT2D eigenvalue weighted by Gasteiger charge is 1.99. The minimum atomic E-state index is 0.492. The van der Waals surface area contributed by atoms with Gasteiger partial charge in [-0.25, -0.2) is 4.98 Å². The SMILES string of the molecule is CCOc1ccnc(NCCOc2cccc(N)c2)n1. The minimum Gasteiger partial charge on any atom is -0.492 e. The number of nitrogens with two attached hydrogens (primary N) is 1. The predicted octanol–water partition coefficient (Wildman–Crippen LogP) is 1.95. The van der Waals surface area contributed by atoms with Crippen LogP contribution in [0.25, 0.3) is 0 Å². The highest BCUT2D eigenvalue weighted by atomic mass is 16.5. The van der Waals surface area contributed by atoms with E-state index in [2.05, 4.69) is 15.3 Å². The van der Waals surface area contributed by atoms with Crippen LogP contribution in [0.4, 0.5) is 11.6 Å².